The molecule has 0 radical (unpaired) electrons. The summed E-state index contributed by atoms with van der Waals surface area (Å²) < 4.78 is 0. The Labute approximate surface area is 83.3 Å². The number of aryl methyl sites for hydroxylation is 1. The third kappa shape index (κ3) is 2.93. The molecule has 2 heteroatoms. The molecule has 1 aromatic rings. The molecule has 0 saturated heterocycles. The summed E-state index contributed by atoms with van der Waals surface area (Å²) in [4.78, 5) is 0. The molecule has 0 spiro atoms. The van der Waals surface area contributed by atoms with Crippen LogP contribution in [0.25, 0.3) is 6.08 Å². The van der Waals surface area contributed by atoms with Gasteiger partial charge in [-0.25, -0.2) is 0 Å². The van der Waals surface area contributed by atoms with Crippen LogP contribution in [0.5, 0.6) is 0 Å². The van der Waals surface area contributed by atoms with Gasteiger partial charge in [-0.3, -0.25) is 0 Å². The highest BCUT2D eigenvalue weighted by molar-refractivity contribution is 6.31. The average molecular weight is 192 g/mol. The monoisotopic (exact) mass is 191 g/mol. The Kier molecular flexibility index (Phi) is 3.54. The highest BCUT2D eigenvalue weighted by atomic mass is 35.5. The van der Waals surface area contributed by atoms with Gasteiger partial charge in [-0.1, -0.05) is 35.9 Å². The van der Waals surface area contributed by atoms with Crippen molar-refractivity contribution in [3.8, 4) is 6.07 Å². The van der Waals surface area contributed by atoms with Gasteiger partial charge in [-0.15, -0.1) is 0 Å². The summed E-state index contributed by atoms with van der Waals surface area (Å²) in [6.07, 6.45) is 4.15. The topological polar surface area (TPSA) is 23.8 Å². The van der Waals surface area contributed by atoms with Crippen LogP contribution in [-0.2, 0) is 0 Å². The zero-order valence-electron chi connectivity index (χ0n) is 7.42. The Hall–Kier alpha value is -1.26. The molecule has 0 amide bonds. The fourth-order valence-corrected chi connectivity index (χ4v) is 1.15. The van der Waals surface area contributed by atoms with Crippen LogP contribution in [-0.4, -0.2) is 0 Å². The molecule has 0 aliphatic carbocycles. The van der Waals surface area contributed by atoms with Crippen LogP contribution in [0.4, 0.5) is 0 Å². The molecule has 0 fully saturated rings. The summed E-state index contributed by atoms with van der Waals surface area (Å²) in [7, 11) is 0. The quantitative estimate of drug-likeness (QED) is 0.701. The Bertz CT molecular complexity index is 361. The minimum atomic E-state index is 0.436. The molecule has 0 aliphatic heterocycles. The Morgan fingerprint density at radius 1 is 1.54 bits per heavy atom. The first-order valence-electron chi connectivity index (χ1n) is 4.03. The number of nitriles is 1. The van der Waals surface area contributed by atoms with Crippen molar-refractivity contribution in [3.05, 3.63) is 40.4 Å². The lowest BCUT2D eigenvalue weighted by Crippen LogP contribution is -1.76. The largest absolute Gasteiger partial charge is 0.198 e. The predicted molar refractivity (Wildman–Crippen MR) is 55.5 cm³/mol. The summed E-state index contributed by atoms with van der Waals surface area (Å²) in [6, 6.07) is 7.89. The van der Waals surface area contributed by atoms with E-state index in [2.05, 4.69) is 0 Å². The van der Waals surface area contributed by atoms with Crippen LogP contribution >= 0.6 is 11.6 Å². The second kappa shape index (κ2) is 4.69. The number of nitrogens with zero attached hydrogens (tertiary/aromatic N) is 1. The third-order valence-electron chi connectivity index (χ3n) is 1.72. The SMILES string of the molecule is Cc1ccc(C=CCC#N)cc1Cl. The highest BCUT2D eigenvalue weighted by Crippen LogP contribution is 2.17. The van der Waals surface area contributed by atoms with E-state index >= 15 is 0 Å². The Balaban J connectivity index is 2.81. The smallest absolute Gasteiger partial charge is 0.0663 e. The van der Waals surface area contributed by atoms with Crippen molar-refractivity contribution in [1.82, 2.24) is 0 Å². The van der Waals surface area contributed by atoms with Crippen molar-refractivity contribution in [2.24, 2.45) is 0 Å². The first-order chi connectivity index (χ1) is 6.24. The molecule has 0 bridgehead atoms. The lowest BCUT2D eigenvalue weighted by molar-refractivity contribution is 1.36. The van der Waals surface area contributed by atoms with Crippen molar-refractivity contribution in [2.45, 2.75) is 13.3 Å². The molecule has 0 saturated carbocycles. The first kappa shape index (κ1) is 9.83. The molecule has 0 heterocycles. The van der Waals surface area contributed by atoms with Gasteiger partial charge in [0.15, 0.2) is 0 Å². The zero-order chi connectivity index (χ0) is 9.68. The van der Waals surface area contributed by atoms with E-state index in [-0.39, 0.29) is 0 Å². The first-order valence-corrected chi connectivity index (χ1v) is 4.41. The van der Waals surface area contributed by atoms with Crippen molar-refractivity contribution in [3.63, 3.8) is 0 Å². The van der Waals surface area contributed by atoms with E-state index in [1.165, 1.54) is 0 Å². The summed E-state index contributed by atoms with van der Waals surface area (Å²) >= 11 is 5.93. The molecular formula is C11H10ClN. The van der Waals surface area contributed by atoms with Crippen molar-refractivity contribution in [1.29, 1.82) is 5.26 Å². The molecule has 13 heavy (non-hydrogen) atoms. The van der Waals surface area contributed by atoms with Crippen LogP contribution in [0.15, 0.2) is 24.3 Å². The van der Waals surface area contributed by atoms with E-state index in [4.69, 9.17) is 16.9 Å². The predicted octanol–water partition coefficient (Wildman–Crippen LogP) is 3.58. The van der Waals surface area contributed by atoms with Crippen molar-refractivity contribution >= 4 is 17.7 Å². The third-order valence-corrected chi connectivity index (χ3v) is 2.12. The van der Waals surface area contributed by atoms with E-state index < -0.39 is 0 Å². The van der Waals surface area contributed by atoms with Gasteiger partial charge in [0.2, 0.25) is 0 Å². The number of halogens is 1. The molecule has 66 valence electrons. The summed E-state index contributed by atoms with van der Waals surface area (Å²) in [6.45, 7) is 1.96. The van der Waals surface area contributed by atoms with E-state index in [0.717, 1.165) is 16.1 Å². The number of benzene rings is 1. The second-order valence-electron chi connectivity index (χ2n) is 2.77. The van der Waals surface area contributed by atoms with Gasteiger partial charge in [0, 0.05) is 5.02 Å². The van der Waals surface area contributed by atoms with Gasteiger partial charge in [0.25, 0.3) is 0 Å². The molecule has 0 unspecified atom stereocenters. The Morgan fingerprint density at radius 3 is 2.92 bits per heavy atom. The summed E-state index contributed by atoms with van der Waals surface area (Å²) in [5.74, 6) is 0. The van der Waals surface area contributed by atoms with Gasteiger partial charge < -0.3 is 0 Å². The van der Waals surface area contributed by atoms with Crippen molar-refractivity contribution in [2.75, 3.05) is 0 Å². The maximum absolute atomic E-state index is 8.32. The van der Waals surface area contributed by atoms with Crippen LogP contribution in [0.1, 0.15) is 17.5 Å². The normalized spacial score (nSPS) is 10.2. The van der Waals surface area contributed by atoms with Gasteiger partial charge >= 0.3 is 0 Å². The number of hydrogen-bond donors (Lipinski definition) is 0. The number of rotatable bonds is 2. The molecule has 0 N–H and O–H groups in total. The second-order valence-corrected chi connectivity index (χ2v) is 3.18. The standard InChI is InChI=1S/C11H10ClN/c1-9-5-6-10(8-11(9)12)4-2-3-7-13/h2,4-6,8H,3H2,1H3. The zero-order valence-corrected chi connectivity index (χ0v) is 8.17. The molecule has 1 aromatic carbocycles. The van der Waals surface area contributed by atoms with E-state index in [0.29, 0.717) is 6.42 Å². The summed E-state index contributed by atoms with van der Waals surface area (Å²) in [5, 5.41) is 9.08. The summed E-state index contributed by atoms with van der Waals surface area (Å²) in [5.41, 5.74) is 2.10. The lowest BCUT2D eigenvalue weighted by Gasteiger charge is -1.98. The number of allylic oxidation sites excluding steroid dienone is 1. The van der Waals surface area contributed by atoms with Crippen LogP contribution in [0.3, 0.4) is 0 Å². The van der Waals surface area contributed by atoms with E-state index in [9.17, 15) is 0 Å². The molecule has 0 aromatic heterocycles. The van der Waals surface area contributed by atoms with Crippen LogP contribution < -0.4 is 0 Å². The van der Waals surface area contributed by atoms with Crippen LogP contribution in [0.2, 0.25) is 5.02 Å². The van der Waals surface area contributed by atoms with E-state index in [1.54, 1.807) is 0 Å². The lowest BCUT2D eigenvalue weighted by atomic mass is 10.1. The molecule has 1 nitrogen and oxygen atoms in total. The molecule has 0 atom stereocenters. The fourth-order valence-electron chi connectivity index (χ4n) is 0.960. The highest BCUT2D eigenvalue weighted by Gasteiger charge is 1.93. The maximum Gasteiger partial charge on any atom is 0.0663 e. The van der Waals surface area contributed by atoms with Gasteiger partial charge in [-0.05, 0) is 24.1 Å². The minimum Gasteiger partial charge on any atom is -0.198 e. The van der Waals surface area contributed by atoms with E-state index in [1.807, 2.05) is 43.3 Å². The Morgan fingerprint density at radius 2 is 2.31 bits per heavy atom. The molecule has 1 rings (SSSR count). The van der Waals surface area contributed by atoms with Crippen molar-refractivity contribution < 1.29 is 0 Å². The fraction of sp³-hybridized carbons (Fsp3) is 0.182. The minimum absolute atomic E-state index is 0.436. The maximum atomic E-state index is 8.32. The molecule has 0 aliphatic rings. The number of hydrogen-bond acceptors (Lipinski definition) is 1. The average Bonchev–Trinajstić information content (AvgIpc) is 2.12. The van der Waals surface area contributed by atoms with Crippen LogP contribution in [0, 0.1) is 18.3 Å². The molecular weight excluding hydrogens is 182 g/mol. The van der Waals surface area contributed by atoms with Gasteiger partial charge in [-0.2, -0.15) is 5.26 Å². The van der Waals surface area contributed by atoms with Gasteiger partial charge in [0.1, 0.15) is 0 Å². The van der Waals surface area contributed by atoms with Gasteiger partial charge in [0.05, 0.1) is 12.5 Å².